The highest BCUT2D eigenvalue weighted by molar-refractivity contribution is 5.79. The molecule has 0 unspecified atom stereocenters. The minimum Gasteiger partial charge on any atom is -0.493 e. The lowest BCUT2D eigenvalue weighted by Gasteiger charge is -2.32. The van der Waals surface area contributed by atoms with E-state index in [2.05, 4.69) is 9.97 Å². The molecular weight excluding hydrogens is 342 g/mol. The Bertz CT molecular complexity index is 875. The van der Waals surface area contributed by atoms with Crippen molar-refractivity contribution in [1.29, 1.82) is 0 Å². The molecule has 1 fully saturated rings. The Morgan fingerprint density at radius 3 is 2.89 bits per heavy atom. The number of H-pyrrole nitrogens is 1. The van der Waals surface area contributed by atoms with Crippen molar-refractivity contribution in [2.24, 2.45) is 5.92 Å². The number of rotatable bonds is 5. The Kier molecular flexibility index (Phi) is 5.94. The van der Waals surface area contributed by atoms with E-state index >= 15 is 0 Å². The van der Waals surface area contributed by atoms with Gasteiger partial charge < -0.3 is 14.6 Å². The summed E-state index contributed by atoms with van der Waals surface area (Å²) in [7, 11) is 0. The van der Waals surface area contributed by atoms with Crippen molar-refractivity contribution in [2.45, 2.75) is 40.0 Å². The van der Waals surface area contributed by atoms with Gasteiger partial charge in [0.15, 0.2) is 0 Å². The van der Waals surface area contributed by atoms with Crippen LogP contribution in [-0.4, -0.2) is 40.5 Å². The third kappa shape index (κ3) is 4.96. The Labute approximate surface area is 159 Å². The molecule has 0 spiro atoms. The normalized spacial score (nSPS) is 17.0. The molecule has 1 amide bonds. The number of amides is 1. The number of aromatic amines is 1. The third-order valence-corrected chi connectivity index (χ3v) is 5.02. The van der Waals surface area contributed by atoms with Crippen molar-refractivity contribution in [1.82, 2.24) is 14.9 Å². The predicted octanol–water partition coefficient (Wildman–Crippen LogP) is 2.56. The molecule has 0 radical (unpaired) electrons. The molecule has 1 atom stereocenters. The van der Waals surface area contributed by atoms with Crippen LogP contribution in [0.1, 0.15) is 35.5 Å². The highest BCUT2D eigenvalue weighted by Gasteiger charge is 2.25. The summed E-state index contributed by atoms with van der Waals surface area (Å²) < 4.78 is 5.92. The van der Waals surface area contributed by atoms with E-state index in [1.807, 2.05) is 36.1 Å². The van der Waals surface area contributed by atoms with E-state index < -0.39 is 0 Å². The van der Waals surface area contributed by atoms with Crippen LogP contribution < -0.4 is 10.3 Å². The van der Waals surface area contributed by atoms with Gasteiger partial charge in [0.1, 0.15) is 11.6 Å². The van der Waals surface area contributed by atoms with E-state index in [1.165, 1.54) is 5.56 Å². The molecule has 144 valence electrons. The van der Waals surface area contributed by atoms with Crippen molar-refractivity contribution >= 4 is 5.91 Å². The summed E-state index contributed by atoms with van der Waals surface area (Å²) in [4.78, 5) is 33.7. The van der Waals surface area contributed by atoms with Gasteiger partial charge in [0, 0.05) is 30.3 Å². The summed E-state index contributed by atoms with van der Waals surface area (Å²) in [6.45, 7) is 7.55. The van der Waals surface area contributed by atoms with Crippen molar-refractivity contribution in [3.05, 3.63) is 57.3 Å². The van der Waals surface area contributed by atoms with Crippen LogP contribution in [0, 0.1) is 26.7 Å². The quantitative estimate of drug-likeness (QED) is 0.879. The van der Waals surface area contributed by atoms with Gasteiger partial charge in [-0.25, -0.2) is 4.98 Å². The lowest BCUT2D eigenvalue weighted by atomic mass is 9.98. The van der Waals surface area contributed by atoms with Crippen LogP contribution in [0.3, 0.4) is 0 Å². The van der Waals surface area contributed by atoms with E-state index in [-0.39, 0.29) is 17.9 Å². The predicted molar refractivity (Wildman–Crippen MR) is 104 cm³/mol. The minimum atomic E-state index is -0.218. The van der Waals surface area contributed by atoms with E-state index in [0.717, 1.165) is 25.1 Å². The molecular formula is C21H27N3O3. The first-order valence-corrected chi connectivity index (χ1v) is 9.46. The van der Waals surface area contributed by atoms with Gasteiger partial charge in [-0.05, 0) is 51.3 Å². The first kappa shape index (κ1) is 19.1. The highest BCUT2D eigenvalue weighted by Crippen LogP contribution is 2.20. The maximum atomic E-state index is 12.7. The van der Waals surface area contributed by atoms with E-state index in [4.69, 9.17) is 4.74 Å². The van der Waals surface area contributed by atoms with Crippen molar-refractivity contribution in [2.75, 3.05) is 19.7 Å². The smallest absolute Gasteiger partial charge is 0.254 e. The van der Waals surface area contributed by atoms with E-state index in [0.29, 0.717) is 36.2 Å². The van der Waals surface area contributed by atoms with Crippen LogP contribution in [0.25, 0.3) is 0 Å². The number of aromatic nitrogens is 2. The van der Waals surface area contributed by atoms with Gasteiger partial charge in [-0.3, -0.25) is 9.59 Å². The summed E-state index contributed by atoms with van der Waals surface area (Å²) >= 11 is 0. The average Bonchev–Trinajstić information content (AvgIpc) is 2.63. The molecule has 0 saturated carbocycles. The largest absolute Gasteiger partial charge is 0.493 e. The summed E-state index contributed by atoms with van der Waals surface area (Å²) in [6.07, 6.45) is 2.09. The molecule has 1 aromatic heterocycles. The van der Waals surface area contributed by atoms with Crippen LogP contribution in [0.15, 0.2) is 29.1 Å². The fourth-order valence-corrected chi connectivity index (χ4v) is 3.57. The fourth-order valence-electron chi connectivity index (χ4n) is 3.57. The van der Waals surface area contributed by atoms with Crippen LogP contribution in [0.2, 0.25) is 0 Å². The lowest BCUT2D eigenvalue weighted by molar-refractivity contribution is -0.132. The summed E-state index contributed by atoms with van der Waals surface area (Å²) in [5.74, 6) is 1.72. The van der Waals surface area contributed by atoms with Crippen LogP contribution in [0.4, 0.5) is 0 Å². The molecule has 1 saturated heterocycles. The van der Waals surface area contributed by atoms with E-state index in [1.54, 1.807) is 13.8 Å². The second-order valence-electron chi connectivity index (χ2n) is 7.37. The SMILES string of the molecule is Cc1cccc(OC[C@@H]2CCCN(C(=O)Cc3c(C)nc(C)[nH]c3=O)C2)c1. The Morgan fingerprint density at radius 1 is 1.33 bits per heavy atom. The number of carbonyl (C=O) groups is 1. The third-order valence-electron chi connectivity index (χ3n) is 5.02. The number of piperidine rings is 1. The number of benzene rings is 1. The number of ether oxygens (including phenoxy) is 1. The highest BCUT2D eigenvalue weighted by atomic mass is 16.5. The van der Waals surface area contributed by atoms with Crippen molar-refractivity contribution < 1.29 is 9.53 Å². The van der Waals surface area contributed by atoms with Crippen LogP contribution in [-0.2, 0) is 11.2 Å². The molecule has 27 heavy (non-hydrogen) atoms. The molecule has 6 nitrogen and oxygen atoms in total. The van der Waals surface area contributed by atoms with Crippen LogP contribution in [0.5, 0.6) is 5.75 Å². The van der Waals surface area contributed by atoms with Gasteiger partial charge in [0.05, 0.1) is 13.0 Å². The van der Waals surface area contributed by atoms with Gasteiger partial charge in [0.25, 0.3) is 5.56 Å². The molecule has 2 aromatic rings. The Balaban J connectivity index is 1.59. The van der Waals surface area contributed by atoms with Gasteiger partial charge in [-0.15, -0.1) is 0 Å². The maximum Gasteiger partial charge on any atom is 0.254 e. The molecule has 1 aliphatic heterocycles. The van der Waals surface area contributed by atoms with Crippen molar-refractivity contribution in [3.63, 3.8) is 0 Å². The fraction of sp³-hybridized carbons (Fsp3) is 0.476. The number of hydrogen-bond donors (Lipinski definition) is 1. The van der Waals surface area contributed by atoms with E-state index in [9.17, 15) is 9.59 Å². The summed E-state index contributed by atoms with van der Waals surface area (Å²) in [5, 5.41) is 0. The number of aryl methyl sites for hydroxylation is 3. The Hall–Kier alpha value is -2.63. The molecule has 1 aromatic carbocycles. The van der Waals surface area contributed by atoms with Gasteiger partial charge >= 0.3 is 0 Å². The molecule has 3 rings (SSSR count). The van der Waals surface area contributed by atoms with Gasteiger partial charge in [-0.1, -0.05) is 12.1 Å². The van der Waals surface area contributed by atoms with Crippen molar-refractivity contribution in [3.8, 4) is 5.75 Å². The monoisotopic (exact) mass is 369 g/mol. The molecule has 6 heteroatoms. The zero-order chi connectivity index (χ0) is 19.4. The number of nitrogens with zero attached hydrogens (tertiary/aromatic N) is 2. The standard InChI is InChI=1S/C21H27N3O3/c1-14-6-4-8-18(10-14)27-13-17-7-5-9-24(12-17)20(25)11-19-15(2)22-16(3)23-21(19)26/h4,6,8,10,17H,5,7,9,11-13H2,1-3H3,(H,22,23,26)/t17-/m1/s1. The lowest BCUT2D eigenvalue weighted by Crippen LogP contribution is -2.43. The second-order valence-corrected chi connectivity index (χ2v) is 7.37. The average molecular weight is 369 g/mol. The minimum absolute atomic E-state index is 0.0190. The first-order valence-electron chi connectivity index (χ1n) is 9.46. The first-order chi connectivity index (χ1) is 12.9. The molecule has 0 bridgehead atoms. The topological polar surface area (TPSA) is 75.3 Å². The Morgan fingerprint density at radius 2 is 2.15 bits per heavy atom. The number of likely N-dealkylation sites (tertiary alicyclic amines) is 1. The number of carbonyl (C=O) groups excluding carboxylic acids is 1. The molecule has 0 aliphatic carbocycles. The zero-order valence-corrected chi connectivity index (χ0v) is 16.2. The number of nitrogens with one attached hydrogen (secondary N) is 1. The second kappa shape index (κ2) is 8.37. The summed E-state index contributed by atoms with van der Waals surface area (Å²) in [6, 6.07) is 8.00. The van der Waals surface area contributed by atoms with Gasteiger partial charge in [-0.2, -0.15) is 0 Å². The molecule has 1 N–H and O–H groups in total. The number of hydrogen-bond acceptors (Lipinski definition) is 4. The molecule has 1 aliphatic rings. The maximum absolute atomic E-state index is 12.7. The van der Waals surface area contributed by atoms with Crippen LogP contribution >= 0.6 is 0 Å². The molecule has 2 heterocycles. The van der Waals surface area contributed by atoms with Gasteiger partial charge in [0.2, 0.25) is 5.91 Å². The summed E-state index contributed by atoms with van der Waals surface area (Å²) in [5.41, 5.74) is 2.04. The zero-order valence-electron chi connectivity index (χ0n) is 16.2.